The lowest BCUT2D eigenvalue weighted by Crippen LogP contribution is -2.41. The van der Waals surface area contributed by atoms with E-state index >= 15 is 0 Å². The number of fused-ring (bicyclic) bond motifs is 1. The summed E-state index contributed by atoms with van der Waals surface area (Å²) in [4.78, 5) is 21.9. The van der Waals surface area contributed by atoms with Crippen LogP contribution in [0.15, 0.2) is 36.5 Å². The lowest BCUT2D eigenvalue weighted by molar-refractivity contribution is 0.0205. The van der Waals surface area contributed by atoms with Crippen LogP contribution in [0.3, 0.4) is 0 Å². The number of ether oxygens (including phenoxy) is 1. The fourth-order valence-corrected chi connectivity index (χ4v) is 4.59. The van der Waals surface area contributed by atoms with E-state index in [0.29, 0.717) is 11.1 Å². The summed E-state index contributed by atoms with van der Waals surface area (Å²) in [6.45, 7) is 9.36. The summed E-state index contributed by atoms with van der Waals surface area (Å²) in [6.07, 6.45) is 4.36. The molecule has 164 valence electrons. The second kappa shape index (κ2) is 8.54. The summed E-state index contributed by atoms with van der Waals surface area (Å²) in [5.74, 6) is 0.446. The van der Waals surface area contributed by atoms with Crippen LogP contribution in [0.4, 0.5) is 4.79 Å². The normalized spacial score (nSPS) is 15.5. The molecule has 0 atom stereocenters. The molecule has 3 aromatic rings. The highest BCUT2D eigenvalue weighted by molar-refractivity contribution is 6.29. The number of carbonyl (C=O) groups excluding carboxylic acids is 1. The van der Waals surface area contributed by atoms with Crippen LogP contribution in [0.25, 0.3) is 22.2 Å². The molecule has 31 heavy (non-hydrogen) atoms. The Hall–Kier alpha value is -2.53. The fraction of sp³-hybridized carbons (Fsp3) is 0.440. The van der Waals surface area contributed by atoms with Gasteiger partial charge in [0.25, 0.3) is 0 Å². The molecule has 0 saturated carbocycles. The summed E-state index contributed by atoms with van der Waals surface area (Å²) in [6, 6.07) is 10.6. The molecule has 0 bridgehead atoms. The number of hydrogen-bond acceptors (Lipinski definition) is 3. The largest absolute Gasteiger partial charge is 0.444 e. The molecule has 4 rings (SSSR count). The van der Waals surface area contributed by atoms with Crippen molar-refractivity contribution in [2.75, 3.05) is 13.1 Å². The third-order valence-electron chi connectivity index (χ3n) is 5.92. The highest BCUT2D eigenvalue weighted by atomic mass is 35.5. The first-order valence-corrected chi connectivity index (χ1v) is 11.4. The molecule has 1 saturated heterocycles. The van der Waals surface area contributed by atoms with Gasteiger partial charge in [-0.1, -0.05) is 24.6 Å². The zero-order valence-electron chi connectivity index (χ0n) is 18.7. The number of aromatic nitrogens is 2. The van der Waals surface area contributed by atoms with Gasteiger partial charge in [0.1, 0.15) is 10.8 Å². The van der Waals surface area contributed by atoms with E-state index in [1.54, 1.807) is 6.20 Å². The molecule has 0 radical (unpaired) electrons. The Labute approximate surface area is 188 Å². The highest BCUT2D eigenvalue weighted by Crippen LogP contribution is 2.35. The van der Waals surface area contributed by atoms with Crippen molar-refractivity contribution in [3.63, 3.8) is 0 Å². The van der Waals surface area contributed by atoms with Gasteiger partial charge in [0.15, 0.2) is 0 Å². The Kier molecular flexibility index (Phi) is 5.98. The molecule has 0 unspecified atom stereocenters. The summed E-state index contributed by atoms with van der Waals surface area (Å²) in [5, 5.41) is 1.76. The number of benzene rings is 1. The summed E-state index contributed by atoms with van der Waals surface area (Å²) >= 11 is 6.12. The van der Waals surface area contributed by atoms with Crippen LogP contribution < -0.4 is 0 Å². The Bertz CT molecular complexity index is 1090. The van der Waals surface area contributed by atoms with Gasteiger partial charge in [-0.15, -0.1) is 0 Å². The number of amides is 1. The number of aromatic amines is 1. The molecule has 1 fully saturated rings. The van der Waals surface area contributed by atoms with Crippen LogP contribution in [-0.2, 0) is 11.2 Å². The zero-order chi connectivity index (χ0) is 22.2. The molecule has 6 heteroatoms. The van der Waals surface area contributed by atoms with E-state index in [1.165, 1.54) is 16.5 Å². The minimum absolute atomic E-state index is 0.207. The smallest absolute Gasteiger partial charge is 0.410 e. The average molecular weight is 440 g/mol. The maximum absolute atomic E-state index is 12.4. The number of nitrogens with zero attached hydrogens (tertiary/aromatic N) is 2. The van der Waals surface area contributed by atoms with Gasteiger partial charge >= 0.3 is 6.09 Å². The van der Waals surface area contributed by atoms with E-state index in [4.69, 9.17) is 16.3 Å². The number of H-pyrrole nitrogens is 1. The number of hydrogen-bond donors (Lipinski definition) is 1. The SMILES string of the molecule is CCc1c(-c2ccnc(Cl)c2)[nH]c2ccc(C3CCN(C(=O)OC(C)(C)C)CC3)cc12. The number of rotatable bonds is 3. The maximum atomic E-state index is 12.4. The number of aryl methyl sites for hydroxylation is 1. The molecule has 1 amide bonds. The molecule has 1 N–H and O–H groups in total. The first-order chi connectivity index (χ1) is 14.7. The summed E-state index contributed by atoms with van der Waals surface area (Å²) < 4.78 is 5.53. The lowest BCUT2D eigenvalue weighted by Gasteiger charge is -2.33. The van der Waals surface area contributed by atoms with E-state index < -0.39 is 5.60 Å². The maximum Gasteiger partial charge on any atom is 0.410 e. The molecule has 1 aromatic carbocycles. The second-order valence-electron chi connectivity index (χ2n) is 9.25. The van der Waals surface area contributed by atoms with E-state index in [0.717, 1.165) is 49.1 Å². The van der Waals surface area contributed by atoms with Crippen LogP contribution in [0.5, 0.6) is 0 Å². The highest BCUT2D eigenvalue weighted by Gasteiger charge is 2.27. The second-order valence-corrected chi connectivity index (χ2v) is 9.63. The van der Waals surface area contributed by atoms with E-state index in [9.17, 15) is 4.79 Å². The van der Waals surface area contributed by atoms with E-state index in [2.05, 4.69) is 35.1 Å². The van der Waals surface area contributed by atoms with E-state index in [1.807, 2.05) is 37.8 Å². The van der Waals surface area contributed by atoms with Crippen LogP contribution >= 0.6 is 11.6 Å². The van der Waals surface area contributed by atoms with Gasteiger partial charge in [-0.25, -0.2) is 9.78 Å². The third-order valence-corrected chi connectivity index (χ3v) is 6.12. The summed E-state index contributed by atoms with van der Waals surface area (Å²) in [5.41, 5.74) is 5.48. The molecule has 3 heterocycles. The molecular weight excluding hydrogens is 410 g/mol. The van der Waals surface area contributed by atoms with Gasteiger partial charge in [-0.2, -0.15) is 0 Å². The standard InChI is InChI=1S/C25H30ClN3O2/c1-5-19-20-14-17(16-9-12-29(13-10-16)24(30)31-25(2,3)4)6-7-21(20)28-23(19)18-8-11-27-22(26)15-18/h6-8,11,14-16,28H,5,9-10,12-13H2,1-4H3. The van der Waals surface area contributed by atoms with Crippen molar-refractivity contribution >= 4 is 28.6 Å². The van der Waals surface area contributed by atoms with Gasteiger partial charge in [0.05, 0.1) is 0 Å². The van der Waals surface area contributed by atoms with Crippen LogP contribution in [0.2, 0.25) is 5.15 Å². The zero-order valence-corrected chi connectivity index (χ0v) is 19.4. The van der Waals surface area contributed by atoms with Crippen molar-refractivity contribution in [1.82, 2.24) is 14.9 Å². The van der Waals surface area contributed by atoms with Crippen molar-refractivity contribution in [3.05, 3.63) is 52.8 Å². The predicted molar refractivity (Wildman–Crippen MR) is 126 cm³/mol. The molecule has 1 aliphatic heterocycles. The van der Waals surface area contributed by atoms with Gasteiger partial charge < -0.3 is 14.6 Å². The van der Waals surface area contributed by atoms with E-state index in [-0.39, 0.29) is 6.09 Å². The third kappa shape index (κ3) is 4.72. The molecular formula is C25H30ClN3O2. The van der Waals surface area contributed by atoms with Gasteiger partial charge in [-0.05, 0) is 81.3 Å². The minimum atomic E-state index is -0.458. The van der Waals surface area contributed by atoms with Crippen LogP contribution in [0.1, 0.15) is 57.6 Å². The van der Waals surface area contributed by atoms with Crippen molar-refractivity contribution < 1.29 is 9.53 Å². The molecule has 2 aromatic heterocycles. The lowest BCUT2D eigenvalue weighted by atomic mass is 9.88. The molecule has 5 nitrogen and oxygen atoms in total. The number of likely N-dealkylation sites (tertiary alicyclic amines) is 1. The molecule has 1 aliphatic rings. The van der Waals surface area contributed by atoms with Gasteiger partial charge in [0, 0.05) is 41.4 Å². The predicted octanol–water partition coefficient (Wildman–Crippen LogP) is 6.56. The van der Waals surface area contributed by atoms with Crippen molar-refractivity contribution in [1.29, 1.82) is 0 Å². The quantitative estimate of drug-likeness (QED) is 0.470. The number of carbonyl (C=O) groups is 1. The Morgan fingerprint density at radius 2 is 1.97 bits per heavy atom. The first-order valence-electron chi connectivity index (χ1n) is 11.0. The van der Waals surface area contributed by atoms with Crippen LogP contribution in [0, 0.1) is 0 Å². The number of pyridine rings is 1. The molecule has 0 spiro atoms. The van der Waals surface area contributed by atoms with Crippen LogP contribution in [-0.4, -0.2) is 39.7 Å². The number of piperidine rings is 1. The van der Waals surface area contributed by atoms with Crippen molar-refractivity contribution in [3.8, 4) is 11.3 Å². The topological polar surface area (TPSA) is 58.2 Å². The monoisotopic (exact) mass is 439 g/mol. The Morgan fingerprint density at radius 3 is 2.61 bits per heavy atom. The van der Waals surface area contributed by atoms with Gasteiger partial charge in [-0.3, -0.25) is 0 Å². The first kappa shape index (κ1) is 21.7. The van der Waals surface area contributed by atoms with Gasteiger partial charge in [0.2, 0.25) is 0 Å². The van der Waals surface area contributed by atoms with Crippen molar-refractivity contribution in [2.24, 2.45) is 0 Å². The summed E-state index contributed by atoms with van der Waals surface area (Å²) in [7, 11) is 0. The Morgan fingerprint density at radius 1 is 1.23 bits per heavy atom. The minimum Gasteiger partial charge on any atom is -0.444 e. The number of nitrogens with one attached hydrogen (secondary N) is 1. The average Bonchev–Trinajstić information content (AvgIpc) is 3.10. The Balaban J connectivity index is 1.56. The molecule has 0 aliphatic carbocycles. The number of halogens is 1. The van der Waals surface area contributed by atoms with Crippen molar-refractivity contribution in [2.45, 2.75) is 58.5 Å². The fourth-order valence-electron chi connectivity index (χ4n) is 4.41.